The summed E-state index contributed by atoms with van der Waals surface area (Å²) >= 11 is 6.10. The van der Waals surface area contributed by atoms with Crippen LogP contribution in [-0.4, -0.2) is 12.1 Å². The number of nitrogens with zero attached hydrogens (tertiary/aromatic N) is 2. The van der Waals surface area contributed by atoms with Gasteiger partial charge in [0, 0.05) is 18.8 Å². The van der Waals surface area contributed by atoms with E-state index >= 15 is 0 Å². The second-order valence-electron chi connectivity index (χ2n) is 3.86. The van der Waals surface area contributed by atoms with Crippen LogP contribution < -0.4 is 10.1 Å². The highest BCUT2D eigenvalue weighted by molar-refractivity contribution is 6.33. The summed E-state index contributed by atoms with van der Waals surface area (Å²) in [4.78, 5) is 3.92. The first kappa shape index (κ1) is 13.2. The standard InChI is InChI=1S/C14H12ClN3O/c1-19-12-2-3-13(15)14(7-12)18-9-10-4-5-17-11(6-10)8-16/h2-7,18H,9H2,1H3. The molecule has 0 radical (unpaired) electrons. The molecule has 0 spiro atoms. The second kappa shape index (κ2) is 6.07. The summed E-state index contributed by atoms with van der Waals surface area (Å²) < 4.78 is 5.15. The van der Waals surface area contributed by atoms with Gasteiger partial charge in [0.25, 0.3) is 0 Å². The zero-order chi connectivity index (χ0) is 13.7. The van der Waals surface area contributed by atoms with E-state index in [1.54, 1.807) is 31.5 Å². The lowest BCUT2D eigenvalue weighted by Gasteiger charge is -2.10. The predicted octanol–water partition coefficient (Wildman–Crippen LogP) is 3.23. The molecule has 1 aromatic heterocycles. The topological polar surface area (TPSA) is 57.9 Å². The minimum Gasteiger partial charge on any atom is -0.497 e. The summed E-state index contributed by atoms with van der Waals surface area (Å²) in [7, 11) is 1.61. The van der Waals surface area contributed by atoms with Gasteiger partial charge in [0.15, 0.2) is 0 Å². The highest BCUT2D eigenvalue weighted by atomic mass is 35.5. The van der Waals surface area contributed by atoms with E-state index in [0.29, 0.717) is 17.3 Å². The first-order chi connectivity index (χ1) is 9.22. The van der Waals surface area contributed by atoms with E-state index in [1.165, 1.54) is 0 Å². The molecular formula is C14H12ClN3O. The SMILES string of the molecule is COc1ccc(Cl)c(NCc2ccnc(C#N)c2)c1. The molecule has 0 aliphatic carbocycles. The molecule has 1 aromatic carbocycles. The van der Waals surface area contributed by atoms with Crippen LogP contribution in [0.25, 0.3) is 0 Å². The van der Waals surface area contributed by atoms with E-state index in [2.05, 4.69) is 10.3 Å². The van der Waals surface area contributed by atoms with E-state index in [-0.39, 0.29) is 0 Å². The maximum Gasteiger partial charge on any atom is 0.140 e. The highest BCUT2D eigenvalue weighted by Gasteiger charge is 2.03. The molecule has 4 nitrogen and oxygen atoms in total. The number of anilines is 1. The average molecular weight is 274 g/mol. The number of nitriles is 1. The van der Waals surface area contributed by atoms with Gasteiger partial charge >= 0.3 is 0 Å². The van der Waals surface area contributed by atoms with Crippen molar-refractivity contribution in [3.05, 3.63) is 52.8 Å². The van der Waals surface area contributed by atoms with E-state index in [1.807, 2.05) is 18.2 Å². The number of pyridine rings is 1. The van der Waals surface area contributed by atoms with Crippen LogP contribution >= 0.6 is 11.6 Å². The molecule has 0 aliphatic heterocycles. The summed E-state index contributed by atoms with van der Waals surface area (Å²) in [6.07, 6.45) is 1.61. The molecule has 5 heteroatoms. The molecule has 0 saturated heterocycles. The van der Waals surface area contributed by atoms with Gasteiger partial charge in [-0.2, -0.15) is 5.26 Å². The minimum absolute atomic E-state index is 0.399. The summed E-state index contributed by atoms with van der Waals surface area (Å²) in [5.74, 6) is 0.736. The quantitative estimate of drug-likeness (QED) is 0.929. The third kappa shape index (κ3) is 3.36. The summed E-state index contributed by atoms with van der Waals surface area (Å²) in [6, 6.07) is 11.0. The van der Waals surface area contributed by atoms with Crippen LogP contribution in [0.1, 0.15) is 11.3 Å². The number of rotatable bonds is 4. The lowest BCUT2D eigenvalue weighted by Crippen LogP contribution is -2.01. The monoisotopic (exact) mass is 273 g/mol. The average Bonchev–Trinajstić information content (AvgIpc) is 2.46. The first-order valence-corrected chi connectivity index (χ1v) is 6.03. The molecular weight excluding hydrogens is 262 g/mol. The Balaban J connectivity index is 2.12. The third-order valence-corrected chi connectivity index (χ3v) is 2.92. The maximum absolute atomic E-state index is 8.79. The van der Waals surface area contributed by atoms with Crippen LogP contribution in [0.4, 0.5) is 5.69 Å². The van der Waals surface area contributed by atoms with Gasteiger partial charge < -0.3 is 10.1 Å². The molecule has 2 rings (SSSR count). The van der Waals surface area contributed by atoms with Crippen molar-refractivity contribution in [2.45, 2.75) is 6.54 Å². The molecule has 0 bridgehead atoms. The zero-order valence-electron chi connectivity index (χ0n) is 10.4. The van der Waals surface area contributed by atoms with Gasteiger partial charge in [0.05, 0.1) is 17.8 Å². The van der Waals surface area contributed by atoms with Gasteiger partial charge in [-0.3, -0.25) is 0 Å². The van der Waals surface area contributed by atoms with Crippen molar-refractivity contribution in [3.63, 3.8) is 0 Å². The number of hydrogen-bond donors (Lipinski definition) is 1. The van der Waals surface area contributed by atoms with E-state index < -0.39 is 0 Å². The molecule has 0 unspecified atom stereocenters. The fourth-order valence-electron chi connectivity index (χ4n) is 1.61. The Hall–Kier alpha value is -2.25. The van der Waals surface area contributed by atoms with Crippen LogP contribution in [0.2, 0.25) is 5.02 Å². The van der Waals surface area contributed by atoms with Gasteiger partial charge in [0.1, 0.15) is 17.5 Å². The summed E-state index contributed by atoms with van der Waals surface area (Å²) in [5, 5.41) is 12.6. The van der Waals surface area contributed by atoms with Crippen LogP contribution in [0, 0.1) is 11.3 Å². The fraction of sp³-hybridized carbons (Fsp3) is 0.143. The fourth-order valence-corrected chi connectivity index (χ4v) is 1.79. The van der Waals surface area contributed by atoms with E-state index in [9.17, 15) is 0 Å². The Labute approximate surface area is 116 Å². The van der Waals surface area contributed by atoms with Gasteiger partial charge in [-0.1, -0.05) is 11.6 Å². The van der Waals surface area contributed by atoms with Crippen LogP contribution in [0.3, 0.4) is 0 Å². The van der Waals surface area contributed by atoms with Crippen LogP contribution in [-0.2, 0) is 6.54 Å². The number of methoxy groups -OCH3 is 1. The zero-order valence-corrected chi connectivity index (χ0v) is 11.1. The van der Waals surface area contributed by atoms with E-state index in [0.717, 1.165) is 17.0 Å². The highest BCUT2D eigenvalue weighted by Crippen LogP contribution is 2.27. The largest absolute Gasteiger partial charge is 0.497 e. The Bertz CT molecular complexity index is 622. The maximum atomic E-state index is 8.79. The Morgan fingerprint density at radius 2 is 2.21 bits per heavy atom. The van der Waals surface area contributed by atoms with Crippen molar-refractivity contribution in [2.24, 2.45) is 0 Å². The number of halogens is 1. The Kier molecular flexibility index (Phi) is 4.22. The number of aromatic nitrogens is 1. The van der Waals surface area contributed by atoms with Gasteiger partial charge in [-0.25, -0.2) is 4.98 Å². The molecule has 0 fully saturated rings. The molecule has 1 N–H and O–H groups in total. The third-order valence-electron chi connectivity index (χ3n) is 2.60. The smallest absolute Gasteiger partial charge is 0.140 e. The molecule has 0 amide bonds. The molecule has 0 saturated carbocycles. The molecule has 0 atom stereocenters. The van der Waals surface area contributed by atoms with Crippen molar-refractivity contribution in [3.8, 4) is 11.8 Å². The summed E-state index contributed by atoms with van der Waals surface area (Å²) in [6.45, 7) is 0.560. The van der Waals surface area contributed by atoms with Gasteiger partial charge in [-0.05, 0) is 29.8 Å². The number of nitrogens with one attached hydrogen (secondary N) is 1. The lowest BCUT2D eigenvalue weighted by atomic mass is 10.2. The minimum atomic E-state index is 0.399. The molecule has 96 valence electrons. The molecule has 2 aromatic rings. The summed E-state index contributed by atoms with van der Waals surface area (Å²) in [5.41, 5.74) is 2.15. The van der Waals surface area contributed by atoms with Crippen molar-refractivity contribution in [1.29, 1.82) is 5.26 Å². The second-order valence-corrected chi connectivity index (χ2v) is 4.27. The Morgan fingerprint density at radius 3 is 2.95 bits per heavy atom. The van der Waals surface area contributed by atoms with Crippen molar-refractivity contribution in [2.75, 3.05) is 12.4 Å². The van der Waals surface area contributed by atoms with Crippen molar-refractivity contribution in [1.82, 2.24) is 4.98 Å². The normalized spacial score (nSPS) is 9.74. The van der Waals surface area contributed by atoms with E-state index in [4.69, 9.17) is 21.6 Å². The van der Waals surface area contributed by atoms with Gasteiger partial charge in [0.2, 0.25) is 0 Å². The number of ether oxygens (including phenoxy) is 1. The number of benzene rings is 1. The first-order valence-electron chi connectivity index (χ1n) is 5.65. The lowest BCUT2D eigenvalue weighted by molar-refractivity contribution is 0.415. The van der Waals surface area contributed by atoms with Crippen molar-refractivity contribution < 1.29 is 4.74 Å². The van der Waals surface area contributed by atoms with Crippen LogP contribution in [0.5, 0.6) is 5.75 Å². The van der Waals surface area contributed by atoms with Crippen molar-refractivity contribution >= 4 is 17.3 Å². The van der Waals surface area contributed by atoms with Gasteiger partial charge in [-0.15, -0.1) is 0 Å². The molecule has 1 heterocycles. The Morgan fingerprint density at radius 1 is 1.37 bits per heavy atom. The number of hydrogen-bond acceptors (Lipinski definition) is 4. The molecule has 19 heavy (non-hydrogen) atoms. The predicted molar refractivity (Wildman–Crippen MR) is 74.3 cm³/mol. The van der Waals surface area contributed by atoms with Crippen LogP contribution in [0.15, 0.2) is 36.5 Å². The molecule has 0 aliphatic rings.